The van der Waals surface area contributed by atoms with Gasteiger partial charge in [-0.3, -0.25) is 4.79 Å². The standard InChI is InChI=1S/C29H28ClF3N4O3S/c1-18-13-19(2)37(21-9-7-20(30)8-10-21)26(14-18)36-16-22(15-24(36)27(38)35-28(17-34)11-12-28)41(39,40)25-6-4-3-5-23(25)29(31,32)33/h3-10,13-14,19,22,24H,11-12,15-16H2,1-2H3,(H,35,38). The minimum atomic E-state index is -4.88. The van der Waals surface area contributed by atoms with Crippen LogP contribution in [0.3, 0.4) is 0 Å². The molecular formula is C29H28ClF3N4O3S. The van der Waals surface area contributed by atoms with Crippen molar-refractivity contribution in [2.24, 2.45) is 0 Å². The highest BCUT2D eigenvalue weighted by Crippen LogP contribution is 2.41. The van der Waals surface area contributed by atoms with Gasteiger partial charge >= 0.3 is 6.18 Å². The Morgan fingerprint density at radius 1 is 1.15 bits per heavy atom. The zero-order valence-electron chi connectivity index (χ0n) is 22.3. The highest BCUT2D eigenvalue weighted by atomic mass is 35.5. The van der Waals surface area contributed by atoms with Crippen LogP contribution in [-0.2, 0) is 20.8 Å². The molecule has 2 aliphatic heterocycles. The molecule has 1 saturated carbocycles. The minimum Gasteiger partial charge on any atom is -0.345 e. The molecule has 1 aliphatic carbocycles. The average Bonchev–Trinajstić information content (AvgIpc) is 3.53. The third-order valence-electron chi connectivity index (χ3n) is 7.74. The van der Waals surface area contributed by atoms with Crippen molar-refractivity contribution >= 4 is 33.0 Å². The Bertz CT molecular complexity index is 1580. The third-order valence-corrected chi connectivity index (χ3v) is 10.2. The lowest BCUT2D eigenvalue weighted by molar-refractivity contribution is -0.139. The van der Waals surface area contributed by atoms with Crippen molar-refractivity contribution in [3.8, 4) is 6.07 Å². The third kappa shape index (κ3) is 5.55. The lowest BCUT2D eigenvalue weighted by Crippen LogP contribution is -2.51. The first-order chi connectivity index (χ1) is 19.3. The molecule has 2 heterocycles. The molecule has 2 aromatic rings. The fourth-order valence-corrected chi connectivity index (χ4v) is 7.57. The van der Waals surface area contributed by atoms with Gasteiger partial charge in [-0.2, -0.15) is 18.4 Å². The van der Waals surface area contributed by atoms with E-state index in [0.717, 1.165) is 29.5 Å². The number of nitrogens with zero attached hydrogens (tertiary/aromatic N) is 3. The monoisotopic (exact) mass is 604 g/mol. The quantitative estimate of drug-likeness (QED) is 0.472. The Kier molecular flexibility index (Phi) is 7.37. The number of nitriles is 1. The van der Waals surface area contributed by atoms with E-state index in [-0.39, 0.29) is 19.0 Å². The van der Waals surface area contributed by atoms with Crippen LogP contribution in [-0.4, -0.2) is 48.6 Å². The number of nitrogens with one attached hydrogen (secondary N) is 1. The molecular weight excluding hydrogens is 577 g/mol. The predicted octanol–water partition coefficient (Wildman–Crippen LogP) is 5.44. The number of carbonyl (C=O) groups excluding carboxylic acids is 1. The van der Waals surface area contributed by atoms with Crippen molar-refractivity contribution in [3.05, 3.63) is 82.7 Å². The molecule has 0 spiro atoms. The van der Waals surface area contributed by atoms with Crippen LogP contribution >= 0.6 is 11.6 Å². The topological polar surface area (TPSA) is 93.5 Å². The smallest absolute Gasteiger partial charge is 0.345 e. The van der Waals surface area contributed by atoms with Gasteiger partial charge in [0.15, 0.2) is 9.84 Å². The van der Waals surface area contributed by atoms with Crippen LogP contribution in [0, 0.1) is 11.3 Å². The summed E-state index contributed by atoms with van der Waals surface area (Å²) in [6.07, 6.45) is -0.345. The van der Waals surface area contributed by atoms with E-state index in [2.05, 4.69) is 11.4 Å². The van der Waals surface area contributed by atoms with Gasteiger partial charge in [-0.05, 0) is 81.2 Å². The van der Waals surface area contributed by atoms with E-state index in [4.69, 9.17) is 11.6 Å². The Hall–Kier alpha value is -3.49. The maximum atomic E-state index is 13.8. The maximum absolute atomic E-state index is 13.8. The first kappa shape index (κ1) is 29.0. The number of anilines is 1. The molecule has 1 saturated heterocycles. The number of benzene rings is 2. The Balaban J connectivity index is 1.58. The van der Waals surface area contributed by atoms with Crippen LogP contribution in [0.4, 0.5) is 18.9 Å². The van der Waals surface area contributed by atoms with Gasteiger partial charge in [0, 0.05) is 17.3 Å². The number of likely N-dealkylation sites (tertiary alicyclic amines) is 1. The lowest BCUT2D eigenvalue weighted by atomic mass is 10.1. The average molecular weight is 605 g/mol. The number of alkyl halides is 3. The van der Waals surface area contributed by atoms with Crippen molar-refractivity contribution < 1.29 is 26.4 Å². The molecule has 0 bridgehead atoms. The molecule has 1 amide bonds. The van der Waals surface area contributed by atoms with E-state index >= 15 is 0 Å². The molecule has 0 aromatic heterocycles. The summed E-state index contributed by atoms with van der Waals surface area (Å²) in [7, 11) is -4.52. The van der Waals surface area contributed by atoms with Gasteiger partial charge < -0.3 is 15.1 Å². The fourth-order valence-electron chi connectivity index (χ4n) is 5.54. The van der Waals surface area contributed by atoms with Crippen molar-refractivity contribution in [1.82, 2.24) is 10.2 Å². The molecule has 1 N–H and O–H groups in total. The summed E-state index contributed by atoms with van der Waals surface area (Å²) >= 11 is 6.11. The number of hydrogen-bond acceptors (Lipinski definition) is 6. The highest BCUT2D eigenvalue weighted by Gasteiger charge is 2.51. The number of amides is 1. The molecule has 2 aromatic carbocycles. The van der Waals surface area contributed by atoms with E-state index in [9.17, 15) is 31.6 Å². The first-order valence-electron chi connectivity index (χ1n) is 13.1. The second kappa shape index (κ2) is 10.4. The normalized spacial score (nSPS) is 23.9. The molecule has 3 atom stereocenters. The summed E-state index contributed by atoms with van der Waals surface area (Å²) in [6.45, 7) is 3.60. The van der Waals surface area contributed by atoms with Crippen LogP contribution in [0.25, 0.3) is 0 Å². The summed E-state index contributed by atoms with van der Waals surface area (Å²) in [5.41, 5.74) is -0.641. The van der Waals surface area contributed by atoms with E-state index < -0.39 is 49.2 Å². The van der Waals surface area contributed by atoms with Gasteiger partial charge in [0.05, 0.1) is 27.8 Å². The molecule has 3 aliphatic rings. The van der Waals surface area contributed by atoms with Crippen molar-refractivity contribution in [2.75, 3.05) is 11.4 Å². The van der Waals surface area contributed by atoms with Gasteiger partial charge in [-0.15, -0.1) is 0 Å². The Morgan fingerprint density at radius 3 is 2.41 bits per heavy atom. The Morgan fingerprint density at radius 2 is 1.80 bits per heavy atom. The zero-order chi connectivity index (χ0) is 29.7. The summed E-state index contributed by atoms with van der Waals surface area (Å²) < 4.78 is 69.1. The molecule has 216 valence electrons. The number of allylic oxidation sites excluding steroid dienone is 2. The molecule has 12 heteroatoms. The molecule has 0 radical (unpaired) electrons. The maximum Gasteiger partial charge on any atom is 0.417 e. The molecule has 5 rings (SSSR count). The molecule has 7 nitrogen and oxygen atoms in total. The van der Waals surface area contributed by atoms with Gasteiger partial charge in [0.25, 0.3) is 0 Å². The zero-order valence-corrected chi connectivity index (χ0v) is 23.9. The highest BCUT2D eigenvalue weighted by molar-refractivity contribution is 7.92. The van der Waals surface area contributed by atoms with E-state index in [1.807, 2.05) is 30.9 Å². The second-order valence-corrected chi connectivity index (χ2v) is 13.4. The number of halogens is 4. The largest absolute Gasteiger partial charge is 0.417 e. The van der Waals surface area contributed by atoms with E-state index in [0.29, 0.717) is 23.7 Å². The molecule has 2 fully saturated rings. The summed E-state index contributed by atoms with van der Waals surface area (Å²) in [5, 5.41) is 11.5. The van der Waals surface area contributed by atoms with Gasteiger partial charge in [0.2, 0.25) is 5.91 Å². The lowest BCUT2D eigenvalue weighted by Gasteiger charge is -2.41. The SMILES string of the molecule is CC1=CC(C)N(c2ccc(Cl)cc2)C(N2CC(S(=O)(=O)c3ccccc3C(F)(F)F)CC2C(=O)NC2(C#N)CC2)=C1. The molecule has 41 heavy (non-hydrogen) atoms. The number of rotatable bonds is 6. The summed E-state index contributed by atoms with van der Waals surface area (Å²) in [6, 6.07) is 12.0. The van der Waals surface area contributed by atoms with Crippen LogP contribution in [0.5, 0.6) is 0 Å². The fraction of sp³-hybridized carbons (Fsp3) is 0.379. The van der Waals surface area contributed by atoms with Crippen molar-refractivity contribution in [1.29, 1.82) is 5.26 Å². The summed E-state index contributed by atoms with van der Waals surface area (Å²) in [4.78, 5) is 16.4. The van der Waals surface area contributed by atoms with Crippen LogP contribution in [0.15, 0.2) is 77.0 Å². The van der Waals surface area contributed by atoms with Crippen molar-refractivity contribution in [2.45, 2.75) is 67.1 Å². The number of carbonyl (C=O) groups is 1. The van der Waals surface area contributed by atoms with Crippen LogP contribution < -0.4 is 10.2 Å². The van der Waals surface area contributed by atoms with Gasteiger partial charge in [-0.25, -0.2) is 8.42 Å². The van der Waals surface area contributed by atoms with Gasteiger partial charge in [0.1, 0.15) is 17.4 Å². The number of sulfone groups is 1. The van der Waals surface area contributed by atoms with E-state index in [1.54, 1.807) is 29.2 Å². The van der Waals surface area contributed by atoms with Crippen LogP contribution in [0.2, 0.25) is 5.02 Å². The first-order valence-corrected chi connectivity index (χ1v) is 15.0. The predicted molar refractivity (Wildman–Crippen MR) is 148 cm³/mol. The summed E-state index contributed by atoms with van der Waals surface area (Å²) in [5.74, 6) is -0.00810. The molecule has 3 unspecified atom stereocenters. The Labute approximate surface area is 241 Å². The van der Waals surface area contributed by atoms with E-state index in [1.165, 1.54) is 6.07 Å². The number of hydrogen-bond donors (Lipinski definition) is 1. The van der Waals surface area contributed by atoms with Crippen LogP contribution in [0.1, 0.15) is 38.7 Å². The minimum absolute atomic E-state index is 0.199. The van der Waals surface area contributed by atoms with Gasteiger partial charge in [-0.1, -0.05) is 29.8 Å². The second-order valence-electron chi connectivity index (χ2n) is 10.7. The van der Waals surface area contributed by atoms with Crippen molar-refractivity contribution in [3.63, 3.8) is 0 Å².